The zero-order chi connectivity index (χ0) is 38.2. The largest absolute Gasteiger partial charge is 0.300 e. The molecule has 2 aliphatic carbocycles. The second kappa shape index (κ2) is 12.7. The Morgan fingerprint density at radius 1 is 0.482 bits per heavy atom. The van der Waals surface area contributed by atoms with Gasteiger partial charge in [-0.2, -0.15) is 0 Å². The second-order valence-electron chi connectivity index (χ2n) is 16.3. The summed E-state index contributed by atoms with van der Waals surface area (Å²) < 4.78 is 0. The molecule has 0 fully saturated rings. The number of nitrogens with zero attached hydrogens (tertiary/aromatic N) is 1. The fraction of sp³-hybridized carbons (Fsp3) is 0.111. The first kappa shape index (κ1) is 33.9. The van der Waals surface area contributed by atoms with Crippen LogP contribution in [0.15, 0.2) is 175 Å². The van der Waals surface area contributed by atoms with E-state index in [1.54, 1.807) is 0 Å². The van der Waals surface area contributed by atoms with Gasteiger partial charge in [0.05, 0.1) is 11.4 Å². The fourth-order valence-electron chi connectivity index (χ4n) is 9.77. The molecule has 0 spiro atoms. The zero-order valence-electron chi connectivity index (χ0n) is 32.2. The van der Waals surface area contributed by atoms with Crippen LogP contribution in [0.4, 0.5) is 0 Å². The average molecular weight is 719 g/mol. The summed E-state index contributed by atoms with van der Waals surface area (Å²) in [4.78, 5) is 5.31. The highest BCUT2D eigenvalue weighted by Gasteiger charge is 2.39. The third-order valence-corrected chi connectivity index (χ3v) is 12.4. The molecular weight excluding hydrogens is 677 g/mol. The van der Waals surface area contributed by atoms with Crippen molar-refractivity contribution < 1.29 is 0 Å². The van der Waals surface area contributed by atoms with Crippen LogP contribution in [-0.2, 0) is 10.8 Å². The first-order valence-corrected chi connectivity index (χ1v) is 19.5. The van der Waals surface area contributed by atoms with Crippen LogP contribution in [-0.4, -0.2) is 11.9 Å². The molecule has 8 aromatic rings. The number of allylic oxidation sites excluding steroid dienone is 1. The Morgan fingerprint density at radius 3 is 1.91 bits per heavy atom. The molecule has 8 aromatic carbocycles. The molecule has 0 aliphatic heterocycles. The van der Waals surface area contributed by atoms with Crippen molar-refractivity contribution in [2.45, 2.75) is 38.5 Å². The number of rotatable bonds is 6. The van der Waals surface area contributed by atoms with Crippen molar-refractivity contribution in [1.82, 2.24) is 0 Å². The quantitative estimate of drug-likeness (QED) is 0.166. The molecule has 10 rings (SSSR count). The van der Waals surface area contributed by atoms with E-state index in [1.807, 2.05) is 42.6 Å². The van der Waals surface area contributed by atoms with Crippen molar-refractivity contribution >= 4 is 39.2 Å². The van der Waals surface area contributed by atoms with Crippen LogP contribution < -0.4 is 0 Å². The summed E-state index contributed by atoms with van der Waals surface area (Å²) in [5.74, 6) is 0. The van der Waals surface area contributed by atoms with E-state index < -0.39 is 0 Å². The summed E-state index contributed by atoms with van der Waals surface area (Å²) in [6.07, 6.45) is 3.94. The molecule has 2 nitrogen and oxygen atoms in total. The third-order valence-electron chi connectivity index (χ3n) is 12.4. The Balaban J connectivity index is 1.12. The third kappa shape index (κ3) is 5.09. The van der Waals surface area contributed by atoms with Crippen LogP contribution >= 0.6 is 0 Å². The van der Waals surface area contributed by atoms with Gasteiger partial charge in [0.25, 0.3) is 0 Å². The van der Waals surface area contributed by atoms with Gasteiger partial charge in [0.15, 0.2) is 0 Å². The maximum Gasteiger partial charge on any atom is 0.0729 e. The van der Waals surface area contributed by atoms with Crippen molar-refractivity contribution in [1.29, 1.82) is 5.41 Å². The Labute approximate surface area is 329 Å². The number of hydrogen-bond donors (Lipinski definition) is 1. The minimum Gasteiger partial charge on any atom is -0.300 e. The minimum absolute atomic E-state index is 0.142. The lowest BCUT2D eigenvalue weighted by Gasteiger charge is -2.26. The van der Waals surface area contributed by atoms with E-state index in [-0.39, 0.29) is 10.8 Å². The van der Waals surface area contributed by atoms with Gasteiger partial charge in [0.2, 0.25) is 0 Å². The standard InChI is InChI=1S/C54H42N2/c1-53(2)46-26-13-12-22-44(46)50-45(25-15-27-47(50)53)49(32-48(55)35-17-6-5-7-18-35)56-33-36-29-30-40(39-21-11-10-19-37(36)39)41-23-14-24-42-43-31-28-34-16-8-9-20-38(34)51(43)54(3,4)52(41)42/h5-33,55H,1-4H3/b49-32-,55-48?,56-33?. The normalized spacial score (nSPS) is 14.8. The zero-order valence-corrected chi connectivity index (χ0v) is 32.2. The molecule has 0 saturated heterocycles. The van der Waals surface area contributed by atoms with E-state index in [0.29, 0.717) is 5.71 Å². The molecule has 0 amide bonds. The van der Waals surface area contributed by atoms with Gasteiger partial charge in [0.1, 0.15) is 0 Å². The van der Waals surface area contributed by atoms with Gasteiger partial charge in [-0.1, -0.05) is 191 Å². The first-order chi connectivity index (χ1) is 27.2. The molecule has 2 aliphatic rings. The monoisotopic (exact) mass is 718 g/mol. The molecule has 0 bridgehead atoms. The SMILES string of the molecule is CC1(C)c2ccccc2-c2c(/C(=C/C(=N)c3ccccc3)N=Cc3ccc(-c4cccc5c4C(C)(C)c4c-5ccc5ccccc45)c4ccccc34)cccc21. The maximum absolute atomic E-state index is 9.20. The highest BCUT2D eigenvalue weighted by molar-refractivity contribution is 6.13. The van der Waals surface area contributed by atoms with E-state index in [1.165, 1.54) is 71.8 Å². The summed E-state index contributed by atoms with van der Waals surface area (Å²) in [6, 6.07) is 58.6. The number of fused-ring (bicyclic) bond motifs is 9. The summed E-state index contributed by atoms with van der Waals surface area (Å²) in [7, 11) is 0. The Morgan fingerprint density at radius 2 is 1.09 bits per heavy atom. The van der Waals surface area contributed by atoms with Crippen molar-refractivity contribution in [2.24, 2.45) is 4.99 Å². The summed E-state index contributed by atoms with van der Waals surface area (Å²) in [6.45, 7) is 9.38. The van der Waals surface area contributed by atoms with Crippen LogP contribution in [0.3, 0.4) is 0 Å². The summed E-state index contributed by atoms with van der Waals surface area (Å²) in [5.41, 5.74) is 16.8. The molecule has 0 heterocycles. The topological polar surface area (TPSA) is 36.2 Å². The Hall–Kier alpha value is -6.64. The molecular formula is C54H42N2. The molecule has 0 unspecified atom stereocenters. The number of hydrogen-bond acceptors (Lipinski definition) is 2. The van der Waals surface area contributed by atoms with E-state index in [0.717, 1.165) is 27.8 Å². The first-order valence-electron chi connectivity index (χ1n) is 19.5. The molecule has 0 saturated carbocycles. The molecule has 56 heavy (non-hydrogen) atoms. The maximum atomic E-state index is 9.20. The van der Waals surface area contributed by atoms with Crippen LogP contribution in [0, 0.1) is 5.41 Å². The van der Waals surface area contributed by atoms with Crippen LogP contribution in [0.25, 0.3) is 60.6 Å². The molecule has 268 valence electrons. The fourth-order valence-corrected chi connectivity index (χ4v) is 9.77. The molecule has 0 radical (unpaired) electrons. The highest BCUT2D eigenvalue weighted by atomic mass is 14.7. The van der Waals surface area contributed by atoms with Gasteiger partial charge in [-0.15, -0.1) is 0 Å². The van der Waals surface area contributed by atoms with Crippen molar-refractivity contribution in [3.8, 4) is 33.4 Å². The average Bonchev–Trinajstić information content (AvgIpc) is 3.62. The van der Waals surface area contributed by atoms with Crippen LogP contribution in [0.2, 0.25) is 0 Å². The number of benzene rings is 8. The van der Waals surface area contributed by atoms with E-state index in [4.69, 9.17) is 4.99 Å². The van der Waals surface area contributed by atoms with Gasteiger partial charge >= 0.3 is 0 Å². The molecule has 0 aromatic heterocycles. The van der Waals surface area contributed by atoms with Crippen molar-refractivity contribution in [2.75, 3.05) is 0 Å². The van der Waals surface area contributed by atoms with Crippen molar-refractivity contribution in [3.05, 3.63) is 209 Å². The van der Waals surface area contributed by atoms with Crippen LogP contribution in [0.5, 0.6) is 0 Å². The predicted molar refractivity (Wildman–Crippen MR) is 237 cm³/mol. The predicted octanol–water partition coefficient (Wildman–Crippen LogP) is 13.8. The molecule has 0 atom stereocenters. The summed E-state index contributed by atoms with van der Waals surface area (Å²) in [5, 5.41) is 14.2. The van der Waals surface area contributed by atoms with E-state index in [9.17, 15) is 5.41 Å². The Kier molecular flexibility index (Phi) is 7.70. The smallest absolute Gasteiger partial charge is 0.0729 e. The van der Waals surface area contributed by atoms with Gasteiger partial charge in [-0.05, 0) is 88.8 Å². The molecule has 1 N–H and O–H groups in total. The second-order valence-corrected chi connectivity index (χ2v) is 16.3. The Bertz CT molecular complexity index is 2980. The van der Waals surface area contributed by atoms with E-state index >= 15 is 0 Å². The van der Waals surface area contributed by atoms with Crippen molar-refractivity contribution in [3.63, 3.8) is 0 Å². The minimum atomic E-state index is -0.185. The lowest BCUT2D eigenvalue weighted by atomic mass is 9.77. The summed E-state index contributed by atoms with van der Waals surface area (Å²) >= 11 is 0. The lowest BCUT2D eigenvalue weighted by molar-refractivity contribution is 0.660. The van der Waals surface area contributed by atoms with Gasteiger partial charge in [-0.3, -0.25) is 4.99 Å². The van der Waals surface area contributed by atoms with Crippen LogP contribution in [0.1, 0.15) is 66.6 Å². The van der Waals surface area contributed by atoms with Gasteiger partial charge in [-0.25, -0.2) is 0 Å². The molecule has 2 heteroatoms. The number of aliphatic imine (C=N–C) groups is 1. The lowest BCUT2D eigenvalue weighted by Crippen LogP contribution is -2.17. The van der Waals surface area contributed by atoms with Gasteiger partial charge < -0.3 is 5.41 Å². The number of nitrogens with one attached hydrogen (secondary N) is 1. The van der Waals surface area contributed by atoms with E-state index in [2.05, 4.69) is 161 Å². The van der Waals surface area contributed by atoms with Gasteiger partial charge in [0, 0.05) is 28.2 Å². The highest BCUT2D eigenvalue weighted by Crippen LogP contribution is 2.55.